The Balaban J connectivity index is 1.63. The van der Waals surface area contributed by atoms with Crippen molar-refractivity contribution in [3.63, 3.8) is 0 Å². The van der Waals surface area contributed by atoms with Gasteiger partial charge in [-0.3, -0.25) is 0 Å². The van der Waals surface area contributed by atoms with E-state index in [1.54, 1.807) is 16.3 Å². The molecule has 4 heteroatoms. The number of halogens is 1. The maximum Gasteiger partial charge on any atom is 0.147 e. The van der Waals surface area contributed by atoms with Gasteiger partial charge >= 0.3 is 0 Å². The fourth-order valence-corrected chi connectivity index (χ4v) is 6.54. The van der Waals surface area contributed by atoms with Gasteiger partial charge in [-0.05, 0) is 63.8 Å². The van der Waals surface area contributed by atoms with Crippen molar-refractivity contribution in [2.45, 2.75) is 101 Å². The fourth-order valence-electron chi connectivity index (χ4n) is 5.54. The molecule has 0 amide bonds. The topological polar surface area (TPSA) is 18.5 Å². The van der Waals surface area contributed by atoms with Crippen LogP contribution in [0.15, 0.2) is 9.15 Å². The normalized spacial score (nSPS) is 29.5. The summed E-state index contributed by atoms with van der Waals surface area (Å²) in [5.74, 6) is 2.03. The average Bonchev–Trinajstić information content (AvgIpc) is 2.79. The molecule has 1 unspecified atom stereocenters. The lowest BCUT2D eigenvalue weighted by molar-refractivity contribution is -0.0609. The Morgan fingerprint density at radius 3 is 2.33 bits per heavy atom. The third-order valence-electron chi connectivity index (χ3n) is 6.74. The minimum atomic E-state index is 0.303. The van der Waals surface area contributed by atoms with Crippen molar-refractivity contribution in [3.05, 3.63) is 9.15 Å². The molecule has 2 bridgehead atoms. The highest BCUT2D eigenvalue weighted by atomic mass is 127. The van der Waals surface area contributed by atoms with Crippen LogP contribution >= 0.6 is 22.6 Å². The van der Waals surface area contributed by atoms with E-state index in [1.165, 1.54) is 83.4 Å². The Kier molecular flexibility index (Phi) is 7.98. The van der Waals surface area contributed by atoms with Gasteiger partial charge in [0.2, 0.25) is 0 Å². The number of hydrogen-bond donors (Lipinski definition) is 0. The zero-order valence-electron chi connectivity index (χ0n) is 15.4. The summed E-state index contributed by atoms with van der Waals surface area (Å²) < 4.78 is 13.0. The molecule has 0 aromatic rings. The van der Waals surface area contributed by atoms with Crippen molar-refractivity contribution in [2.24, 2.45) is 0 Å². The van der Waals surface area contributed by atoms with Gasteiger partial charge < -0.3 is 9.47 Å². The number of allylic oxidation sites excluding steroid dienone is 1. The molecular formula is C20H34BIO2. The average molecular weight is 444 g/mol. The molecule has 2 fully saturated rings. The van der Waals surface area contributed by atoms with E-state index in [0.29, 0.717) is 12.9 Å². The first kappa shape index (κ1) is 19.2. The van der Waals surface area contributed by atoms with Crippen molar-refractivity contribution in [3.8, 4) is 0 Å². The quantitative estimate of drug-likeness (QED) is 0.250. The van der Waals surface area contributed by atoms with E-state index >= 15 is 0 Å². The van der Waals surface area contributed by atoms with Crippen LogP contribution in [0.2, 0.25) is 18.0 Å². The van der Waals surface area contributed by atoms with E-state index in [4.69, 9.17) is 9.47 Å². The summed E-state index contributed by atoms with van der Waals surface area (Å²) in [5, 5.41) is 0. The summed E-state index contributed by atoms with van der Waals surface area (Å²) in [6, 6.07) is 0. The van der Waals surface area contributed by atoms with Gasteiger partial charge in [-0.2, -0.15) is 0 Å². The molecule has 0 radical (unpaired) electrons. The molecule has 2 aliphatic heterocycles. The zero-order valence-corrected chi connectivity index (χ0v) is 17.6. The van der Waals surface area contributed by atoms with E-state index < -0.39 is 0 Å². The largest absolute Gasteiger partial charge is 0.359 e. The summed E-state index contributed by atoms with van der Waals surface area (Å²) in [5.41, 5.74) is 1.60. The van der Waals surface area contributed by atoms with Crippen molar-refractivity contribution in [2.75, 3.05) is 13.9 Å². The smallest absolute Gasteiger partial charge is 0.147 e. The highest BCUT2D eigenvalue weighted by Gasteiger charge is 2.39. The van der Waals surface area contributed by atoms with Crippen LogP contribution in [0.25, 0.3) is 0 Å². The van der Waals surface area contributed by atoms with Crippen molar-refractivity contribution in [1.29, 1.82) is 0 Å². The standard InChI is InChI=1S/C20H34BIO2/c1-23-15-24-20(18-11-3-2-4-12-19(18)22)13-14-21-16-7-5-8-17(21)10-6-9-16/h16-17,20H,2-15H2,1H3. The first-order chi connectivity index (χ1) is 11.8. The third-order valence-corrected chi connectivity index (χ3v) is 7.97. The van der Waals surface area contributed by atoms with Crippen LogP contribution in [0.5, 0.6) is 0 Å². The predicted octanol–water partition coefficient (Wildman–Crippen LogP) is 6.62. The summed E-state index contributed by atoms with van der Waals surface area (Å²) in [6.45, 7) is 1.42. The lowest BCUT2D eigenvalue weighted by atomic mass is 9.25. The van der Waals surface area contributed by atoms with Crippen LogP contribution in [-0.4, -0.2) is 26.7 Å². The second-order valence-corrected chi connectivity index (χ2v) is 9.48. The number of fused-ring (bicyclic) bond motifs is 2. The van der Waals surface area contributed by atoms with Crippen molar-refractivity contribution < 1.29 is 9.47 Å². The van der Waals surface area contributed by atoms with Gasteiger partial charge in [0.25, 0.3) is 0 Å². The third kappa shape index (κ3) is 5.00. The lowest BCUT2D eigenvalue weighted by Gasteiger charge is -2.41. The summed E-state index contributed by atoms with van der Waals surface area (Å²) in [6.07, 6.45) is 18.4. The molecule has 0 N–H and O–H groups in total. The van der Waals surface area contributed by atoms with Gasteiger partial charge in [0.1, 0.15) is 13.5 Å². The van der Waals surface area contributed by atoms with Gasteiger partial charge in [-0.25, -0.2) is 0 Å². The molecule has 2 saturated heterocycles. The number of hydrogen-bond acceptors (Lipinski definition) is 2. The molecule has 24 heavy (non-hydrogen) atoms. The molecule has 0 aromatic heterocycles. The highest BCUT2D eigenvalue weighted by molar-refractivity contribution is 14.1. The van der Waals surface area contributed by atoms with E-state index in [0.717, 1.165) is 18.3 Å². The number of ether oxygens (including phenoxy) is 2. The highest BCUT2D eigenvalue weighted by Crippen LogP contribution is 2.48. The molecule has 0 saturated carbocycles. The number of methoxy groups -OCH3 is 1. The Hall–Kier alpha value is 0.455. The minimum absolute atomic E-state index is 0.303. The first-order valence-corrected chi connectivity index (χ1v) is 11.4. The molecule has 3 rings (SSSR count). The molecular weight excluding hydrogens is 410 g/mol. The molecule has 1 atom stereocenters. The van der Waals surface area contributed by atoms with Crippen LogP contribution < -0.4 is 0 Å². The summed E-state index contributed by atoms with van der Waals surface area (Å²) in [4.78, 5) is 0. The van der Waals surface area contributed by atoms with Crippen LogP contribution in [0.3, 0.4) is 0 Å². The van der Waals surface area contributed by atoms with E-state index in [2.05, 4.69) is 22.6 Å². The Morgan fingerprint density at radius 1 is 1.00 bits per heavy atom. The Labute approximate surface area is 162 Å². The molecule has 2 nitrogen and oxygen atoms in total. The Morgan fingerprint density at radius 2 is 1.67 bits per heavy atom. The van der Waals surface area contributed by atoms with Crippen molar-refractivity contribution >= 4 is 29.3 Å². The minimum Gasteiger partial charge on any atom is -0.359 e. The van der Waals surface area contributed by atoms with Gasteiger partial charge in [0, 0.05) is 7.11 Å². The number of rotatable bonds is 7. The van der Waals surface area contributed by atoms with E-state index in [1.807, 2.05) is 0 Å². The molecule has 3 aliphatic rings. The summed E-state index contributed by atoms with van der Waals surface area (Å²) >= 11 is 2.59. The van der Waals surface area contributed by atoms with Crippen molar-refractivity contribution in [1.82, 2.24) is 0 Å². The second kappa shape index (κ2) is 9.96. The molecule has 136 valence electrons. The first-order valence-electron chi connectivity index (χ1n) is 10.3. The lowest BCUT2D eigenvalue weighted by Crippen LogP contribution is -2.35. The molecule has 0 spiro atoms. The monoisotopic (exact) mass is 444 g/mol. The van der Waals surface area contributed by atoms with E-state index in [-0.39, 0.29) is 0 Å². The van der Waals surface area contributed by atoms with Gasteiger partial charge in [0.05, 0.1) is 6.10 Å². The Bertz CT molecular complexity index is 404. The predicted molar refractivity (Wildman–Crippen MR) is 111 cm³/mol. The fraction of sp³-hybridized carbons (Fsp3) is 0.900. The molecule has 1 aliphatic carbocycles. The SMILES string of the molecule is COCOC(CCB1C2CCCC1CCC2)C1=C(I)CCCCC1. The molecule has 2 heterocycles. The van der Waals surface area contributed by atoms with Crippen LogP contribution in [0.1, 0.15) is 77.0 Å². The van der Waals surface area contributed by atoms with E-state index in [9.17, 15) is 0 Å². The van der Waals surface area contributed by atoms with Crippen LogP contribution in [0.4, 0.5) is 0 Å². The van der Waals surface area contributed by atoms with Gasteiger partial charge in [0.15, 0.2) is 0 Å². The zero-order chi connectivity index (χ0) is 16.8. The maximum atomic E-state index is 6.19. The maximum absolute atomic E-state index is 6.19. The van der Waals surface area contributed by atoms with Crippen LogP contribution in [0, 0.1) is 0 Å². The summed E-state index contributed by atoms with van der Waals surface area (Å²) in [7, 11) is 1.75. The molecule has 0 aromatic carbocycles. The van der Waals surface area contributed by atoms with Gasteiger partial charge in [-0.15, -0.1) is 0 Å². The van der Waals surface area contributed by atoms with Gasteiger partial charge in [-0.1, -0.05) is 62.9 Å². The van der Waals surface area contributed by atoms with Crippen LogP contribution in [-0.2, 0) is 9.47 Å². The second-order valence-electron chi connectivity index (χ2n) is 8.18.